The average molecular weight is 272 g/mol. The van der Waals surface area contributed by atoms with Gasteiger partial charge in [-0.15, -0.1) is 0 Å². The van der Waals surface area contributed by atoms with Gasteiger partial charge < -0.3 is 0 Å². The van der Waals surface area contributed by atoms with Gasteiger partial charge in [-0.2, -0.15) is 0 Å². The van der Waals surface area contributed by atoms with Crippen LogP contribution in [-0.4, -0.2) is 38.2 Å². The van der Waals surface area contributed by atoms with Crippen molar-refractivity contribution in [2.45, 2.75) is 76.8 Å². The summed E-state index contributed by atoms with van der Waals surface area (Å²) in [7, 11) is -2.39. The van der Waals surface area contributed by atoms with Crippen LogP contribution in [0.1, 0.15) is 53.9 Å². The van der Waals surface area contributed by atoms with Crippen molar-refractivity contribution in [3.05, 3.63) is 0 Å². The molecule has 18 heavy (non-hydrogen) atoms. The first-order chi connectivity index (χ1) is 7.97. The SMILES string of the molecule is CC(C[C@@]12C[C@@H](C)N(C(C)(C)C)[C@@H]1C2)S(C)(=N)=O. The first-order valence-electron chi connectivity index (χ1n) is 6.98. The highest BCUT2D eigenvalue weighted by molar-refractivity contribution is 7.92. The summed E-state index contributed by atoms with van der Waals surface area (Å²) in [5, 5.41) is 0.0228. The molecule has 2 aliphatic rings. The number of hydrogen-bond donors (Lipinski definition) is 1. The van der Waals surface area contributed by atoms with E-state index in [1.54, 1.807) is 6.26 Å². The fourth-order valence-corrected chi connectivity index (χ4v) is 4.75. The Morgan fingerprint density at radius 3 is 2.39 bits per heavy atom. The third kappa shape index (κ3) is 2.34. The van der Waals surface area contributed by atoms with Crippen molar-refractivity contribution < 1.29 is 4.21 Å². The molecule has 2 unspecified atom stereocenters. The van der Waals surface area contributed by atoms with Crippen LogP contribution in [0.5, 0.6) is 0 Å². The van der Waals surface area contributed by atoms with Gasteiger partial charge in [-0.25, -0.2) is 4.21 Å². The third-order valence-electron chi connectivity index (χ3n) is 4.90. The molecule has 1 N–H and O–H groups in total. The second-order valence-electron chi connectivity index (χ2n) is 7.63. The lowest BCUT2D eigenvalue weighted by Gasteiger charge is -2.37. The molecule has 0 radical (unpaired) electrons. The van der Waals surface area contributed by atoms with E-state index in [-0.39, 0.29) is 10.8 Å². The number of likely N-dealkylation sites (tertiary alicyclic amines) is 1. The molecule has 3 nitrogen and oxygen atoms in total. The van der Waals surface area contributed by atoms with Gasteiger partial charge in [0.05, 0.1) is 0 Å². The topological polar surface area (TPSA) is 44.2 Å². The molecule has 0 aromatic carbocycles. The van der Waals surface area contributed by atoms with Crippen LogP contribution in [-0.2, 0) is 9.73 Å². The van der Waals surface area contributed by atoms with E-state index < -0.39 is 9.73 Å². The molecule has 0 amide bonds. The molecule has 5 atom stereocenters. The number of hydrogen-bond acceptors (Lipinski definition) is 3. The molecule has 1 saturated heterocycles. The zero-order valence-corrected chi connectivity index (χ0v) is 13.4. The van der Waals surface area contributed by atoms with E-state index in [9.17, 15) is 4.21 Å². The maximum absolute atomic E-state index is 11.8. The highest BCUT2D eigenvalue weighted by Crippen LogP contribution is 2.63. The maximum Gasteiger partial charge on any atom is 0.0438 e. The van der Waals surface area contributed by atoms with E-state index in [2.05, 4.69) is 32.6 Å². The lowest BCUT2D eigenvalue weighted by molar-refractivity contribution is 0.104. The Hall–Kier alpha value is -0.0900. The molecule has 2 fully saturated rings. The standard InChI is InChI=1S/C14H28N2OS/c1-10-7-14(8-11(2)18(6,15)17)9-12(14)16(10)13(3,4)5/h10-12,15H,7-9H2,1-6H3/t10-,11?,12-,14-,18?/m1/s1. The summed E-state index contributed by atoms with van der Waals surface area (Å²) in [4.78, 5) is 2.64. The largest absolute Gasteiger partial charge is 0.292 e. The summed E-state index contributed by atoms with van der Waals surface area (Å²) in [5.41, 5.74) is 0.589. The number of nitrogens with one attached hydrogen (secondary N) is 1. The van der Waals surface area contributed by atoms with Crippen LogP contribution in [0.2, 0.25) is 0 Å². The van der Waals surface area contributed by atoms with Crippen LogP contribution in [0.4, 0.5) is 0 Å². The Morgan fingerprint density at radius 2 is 2.00 bits per heavy atom. The van der Waals surface area contributed by atoms with Crippen molar-refractivity contribution in [1.29, 1.82) is 4.78 Å². The first kappa shape index (κ1) is 14.3. The molecule has 0 spiro atoms. The fraction of sp³-hybridized carbons (Fsp3) is 1.00. The average Bonchev–Trinajstić information content (AvgIpc) is 2.66. The van der Waals surface area contributed by atoms with E-state index in [4.69, 9.17) is 4.78 Å². The Balaban J connectivity index is 2.11. The van der Waals surface area contributed by atoms with Crippen molar-refractivity contribution in [1.82, 2.24) is 4.90 Å². The van der Waals surface area contributed by atoms with Gasteiger partial charge in [-0.05, 0) is 59.3 Å². The second kappa shape index (κ2) is 3.95. The highest BCUT2D eigenvalue weighted by Gasteiger charge is 2.65. The monoisotopic (exact) mass is 272 g/mol. The van der Waals surface area contributed by atoms with Crippen molar-refractivity contribution in [3.63, 3.8) is 0 Å². The van der Waals surface area contributed by atoms with Crippen molar-refractivity contribution >= 4 is 9.73 Å². The zero-order valence-electron chi connectivity index (χ0n) is 12.6. The van der Waals surface area contributed by atoms with Crippen LogP contribution in [0.3, 0.4) is 0 Å². The van der Waals surface area contributed by atoms with Crippen LogP contribution in [0.25, 0.3) is 0 Å². The minimum absolute atomic E-state index is 0.0228. The van der Waals surface area contributed by atoms with Gasteiger partial charge in [0.25, 0.3) is 0 Å². The summed E-state index contributed by atoms with van der Waals surface area (Å²) in [6, 6.07) is 1.28. The number of fused-ring (bicyclic) bond motifs is 1. The first-order valence-corrected chi connectivity index (χ1v) is 9.01. The molecule has 0 aromatic rings. The zero-order chi connectivity index (χ0) is 13.9. The molecular weight excluding hydrogens is 244 g/mol. The van der Waals surface area contributed by atoms with Crippen LogP contribution < -0.4 is 0 Å². The maximum atomic E-state index is 11.8. The molecule has 1 saturated carbocycles. The van der Waals surface area contributed by atoms with Gasteiger partial charge in [-0.1, -0.05) is 0 Å². The van der Waals surface area contributed by atoms with Crippen LogP contribution in [0.15, 0.2) is 0 Å². The van der Waals surface area contributed by atoms with Crippen LogP contribution in [0, 0.1) is 10.2 Å². The van der Waals surface area contributed by atoms with Gasteiger partial charge >= 0.3 is 0 Å². The second-order valence-corrected chi connectivity index (χ2v) is 10.2. The summed E-state index contributed by atoms with van der Waals surface area (Å²) >= 11 is 0. The molecule has 0 bridgehead atoms. The Morgan fingerprint density at radius 1 is 1.44 bits per heavy atom. The summed E-state index contributed by atoms with van der Waals surface area (Å²) < 4.78 is 19.6. The minimum atomic E-state index is -2.39. The summed E-state index contributed by atoms with van der Waals surface area (Å²) in [5.74, 6) is 0. The van der Waals surface area contributed by atoms with Gasteiger partial charge in [0.15, 0.2) is 0 Å². The van der Waals surface area contributed by atoms with E-state index >= 15 is 0 Å². The minimum Gasteiger partial charge on any atom is -0.292 e. The molecule has 4 heteroatoms. The van der Waals surface area contributed by atoms with Crippen molar-refractivity contribution in [2.75, 3.05) is 6.26 Å². The molecule has 2 rings (SSSR count). The van der Waals surface area contributed by atoms with E-state index in [0.29, 0.717) is 17.5 Å². The Bertz CT molecular complexity index is 437. The van der Waals surface area contributed by atoms with Crippen molar-refractivity contribution in [2.24, 2.45) is 5.41 Å². The number of piperidine rings is 1. The molecule has 1 aliphatic heterocycles. The van der Waals surface area contributed by atoms with Crippen LogP contribution >= 0.6 is 0 Å². The predicted octanol–water partition coefficient (Wildman–Crippen LogP) is 3.09. The lowest BCUT2D eigenvalue weighted by Crippen LogP contribution is -2.45. The molecule has 106 valence electrons. The number of nitrogens with zero attached hydrogens (tertiary/aromatic N) is 1. The van der Waals surface area contributed by atoms with Gasteiger partial charge in [0, 0.05) is 38.9 Å². The summed E-state index contributed by atoms with van der Waals surface area (Å²) in [6.45, 7) is 11.2. The van der Waals surface area contributed by atoms with Gasteiger partial charge in [0.1, 0.15) is 0 Å². The van der Waals surface area contributed by atoms with Gasteiger partial charge in [-0.3, -0.25) is 9.68 Å². The fourth-order valence-electron chi connectivity index (χ4n) is 4.10. The van der Waals surface area contributed by atoms with Gasteiger partial charge in [0.2, 0.25) is 0 Å². The lowest BCUT2D eigenvalue weighted by atomic mass is 9.94. The van der Waals surface area contributed by atoms with E-state index in [0.717, 1.165) is 6.42 Å². The normalized spacial score (nSPS) is 41.2. The van der Waals surface area contributed by atoms with E-state index in [1.165, 1.54) is 12.8 Å². The molecular formula is C14H28N2OS. The predicted molar refractivity (Wildman–Crippen MR) is 77.4 cm³/mol. The third-order valence-corrected chi connectivity index (χ3v) is 6.60. The number of rotatable bonds is 3. The highest BCUT2D eigenvalue weighted by atomic mass is 32.2. The van der Waals surface area contributed by atoms with E-state index in [1.807, 2.05) is 6.92 Å². The summed E-state index contributed by atoms with van der Waals surface area (Å²) in [6.07, 6.45) is 5.02. The Kier molecular flexibility index (Phi) is 3.14. The molecule has 1 heterocycles. The Labute approximate surface area is 112 Å². The quantitative estimate of drug-likeness (QED) is 0.858. The molecule has 0 aromatic heterocycles. The molecule has 1 aliphatic carbocycles. The van der Waals surface area contributed by atoms with Crippen molar-refractivity contribution in [3.8, 4) is 0 Å². The smallest absolute Gasteiger partial charge is 0.0438 e.